The van der Waals surface area contributed by atoms with E-state index in [9.17, 15) is 10.0 Å². The van der Waals surface area contributed by atoms with Gasteiger partial charge in [-0.1, -0.05) is 12.1 Å². The van der Waals surface area contributed by atoms with E-state index in [1.807, 2.05) is 18.2 Å². The monoisotopic (exact) mass is 343 g/mol. The van der Waals surface area contributed by atoms with E-state index >= 15 is 0 Å². The van der Waals surface area contributed by atoms with Crippen molar-refractivity contribution in [2.75, 3.05) is 12.0 Å². The van der Waals surface area contributed by atoms with Gasteiger partial charge in [-0.25, -0.2) is 20.9 Å². The van der Waals surface area contributed by atoms with Gasteiger partial charge in [0.2, 0.25) is 0 Å². The topological polar surface area (TPSA) is 104 Å². The summed E-state index contributed by atoms with van der Waals surface area (Å²) in [7, 11) is 0. The molecule has 0 saturated heterocycles. The third-order valence-electron chi connectivity index (χ3n) is 3.63. The zero-order valence-electron chi connectivity index (χ0n) is 13.1. The third-order valence-corrected chi connectivity index (χ3v) is 4.67. The molecule has 1 amide bonds. The lowest BCUT2D eigenvalue weighted by Gasteiger charge is -2.12. The van der Waals surface area contributed by atoms with Crippen LogP contribution in [0, 0.1) is 0 Å². The first-order valence-corrected chi connectivity index (χ1v) is 8.23. The van der Waals surface area contributed by atoms with Gasteiger partial charge in [0.05, 0.1) is 5.39 Å². The molecule has 0 fully saturated rings. The number of hydrogen-bond acceptors (Lipinski definition) is 7. The van der Waals surface area contributed by atoms with E-state index in [1.165, 1.54) is 6.33 Å². The Morgan fingerprint density at radius 2 is 2.08 bits per heavy atom. The number of hydrazine groups is 1. The molecule has 0 aliphatic rings. The van der Waals surface area contributed by atoms with E-state index in [2.05, 4.69) is 15.4 Å². The van der Waals surface area contributed by atoms with Crippen LogP contribution >= 0.6 is 11.3 Å². The van der Waals surface area contributed by atoms with Crippen LogP contribution in [0.4, 0.5) is 5.82 Å². The number of carbonyl (C=O) groups excluding carboxylic acids is 1. The third kappa shape index (κ3) is 3.21. The molecule has 24 heavy (non-hydrogen) atoms. The van der Waals surface area contributed by atoms with Crippen molar-refractivity contribution in [1.29, 1.82) is 0 Å². The van der Waals surface area contributed by atoms with Gasteiger partial charge in [-0.3, -0.25) is 10.0 Å². The van der Waals surface area contributed by atoms with Crippen molar-refractivity contribution in [3.8, 4) is 0 Å². The predicted octanol–water partition coefficient (Wildman–Crippen LogP) is 2.42. The van der Waals surface area contributed by atoms with Crippen LogP contribution in [0.25, 0.3) is 10.2 Å². The smallest absolute Gasteiger partial charge is 0.277 e. The highest BCUT2D eigenvalue weighted by molar-refractivity contribution is 7.18. The van der Waals surface area contributed by atoms with Crippen LogP contribution in [0.15, 0.2) is 36.7 Å². The van der Waals surface area contributed by atoms with Gasteiger partial charge in [-0.15, -0.1) is 11.3 Å². The number of nitrogen functional groups attached to an aromatic ring is 1. The molecule has 2 heterocycles. The van der Waals surface area contributed by atoms with Crippen molar-refractivity contribution in [3.63, 3.8) is 0 Å². The van der Waals surface area contributed by atoms with Gasteiger partial charge < -0.3 is 5.43 Å². The highest BCUT2D eigenvalue weighted by Gasteiger charge is 2.12. The number of amides is 1. The van der Waals surface area contributed by atoms with Crippen LogP contribution in [0.5, 0.6) is 0 Å². The summed E-state index contributed by atoms with van der Waals surface area (Å²) in [6, 6.07) is 9.22. The highest BCUT2D eigenvalue weighted by atomic mass is 32.1. The normalized spacial score (nSPS) is 10.8. The quantitative estimate of drug-likeness (QED) is 0.373. The molecule has 0 aliphatic heterocycles. The summed E-state index contributed by atoms with van der Waals surface area (Å²) in [6.07, 6.45) is 2.20. The minimum absolute atomic E-state index is 0.251. The lowest BCUT2D eigenvalue weighted by Crippen LogP contribution is -2.26. The summed E-state index contributed by atoms with van der Waals surface area (Å²) >= 11 is 1.58. The molecule has 0 atom stereocenters. The molecule has 8 heteroatoms. The number of hydroxylamine groups is 2. The number of hydrogen-bond donors (Lipinski definition) is 3. The van der Waals surface area contributed by atoms with Gasteiger partial charge in [0.15, 0.2) is 5.82 Å². The minimum atomic E-state index is -0.403. The fraction of sp³-hybridized carbons (Fsp3) is 0.188. The van der Waals surface area contributed by atoms with E-state index in [0.717, 1.165) is 27.1 Å². The number of thiophene rings is 1. The molecule has 0 radical (unpaired) electrons. The average Bonchev–Trinajstić information content (AvgIpc) is 3.03. The lowest BCUT2D eigenvalue weighted by atomic mass is 10.1. The van der Waals surface area contributed by atoms with Gasteiger partial charge in [0.1, 0.15) is 11.2 Å². The SMILES string of the molecule is CCN(O)C(=O)c1ccc(Cc2cc3c(NN)ncnc3s2)cc1. The van der Waals surface area contributed by atoms with E-state index in [1.54, 1.807) is 30.4 Å². The van der Waals surface area contributed by atoms with Gasteiger partial charge in [-0.05, 0) is 30.7 Å². The second-order valence-electron chi connectivity index (χ2n) is 5.19. The van der Waals surface area contributed by atoms with E-state index in [-0.39, 0.29) is 6.54 Å². The van der Waals surface area contributed by atoms with Gasteiger partial charge in [0.25, 0.3) is 5.91 Å². The summed E-state index contributed by atoms with van der Waals surface area (Å²) in [6.45, 7) is 1.96. The molecule has 7 nitrogen and oxygen atoms in total. The van der Waals surface area contributed by atoms with Crippen LogP contribution in [0.3, 0.4) is 0 Å². The maximum atomic E-state index is 11.9. The molecule has 0 saturated carbocycles. The van der Waals surface area contributed by atoms with Gasteiger partial charge in [0, 0.05) is 23.4 Å². The van der Waals surface area contributed by atoms with E-state index in [4.69, 9.17) is 5.84 Å². The Morgan fingerprint density at radius 1 is 1.33 bits per heavy atom. The van der Waals surface area contributed by atoms with Crippen LogP contribution in [-0.2, 0) is 6.42 Å². The molecule has 124 valence electrons. The van der Waals surface area contributed by atoms with Gasteiger partial charge in [-0.2, -0.15) is 0 Å². The van der Waals surface area contributed by atoms with Crippen molar-refractivity contribution in [3.05, 3.63) is 52.7 Å². The number of rotatable bonds is 5. The number of carbonyl (C=O) groups is 1. The van der Waals surface area contributed by atoms with Crippen molar-refractivity contribution in [2.45, 2.75) is 13.3 Å². The molecule has 0 bridgehead atoms. The van der Waals surface area contributed by atoms with E-state index < -0.39 is 5.91 Å². The number of anilines is 1. The van der Waals surface area contributed by atoms with Crippen molar-refractivity contribution in [1.82, 2.24) is 15.0 Å². The van der Waals surface area contributed by atoms with E-state index in [0.29, 0.717) is 16.4 Å². The number of aromatic nitrogens is 2. The van der Waals surface area contributed by atoms with Crippen LogP contribution < -0.4 is 11.3 Å². The zero-order valence-corrected chi connectivity index (χ0v) is 13.9. The number of benzene rings is 1. The largest absolute Gasteiger partial charge is 0.308 e. The van der Waals surface area contributed by atoms with Crippen molar-refractivity contribution >= 4 is 33.3 Å². The first-order valence-electron chi connectivity index (χ1n) is 7.42. The summed E-state index contributed by atoms with van der Waals surface area (Å²) in [4.78, 5) is 22.2. The highest BCUT2D eigenvalue weighted by Crippen LogP contribution is 2.29. The first-order chi connectivity index (χ1) is 11.6. The molecule has 4 N–H and O–H groups in total. The maximum Gasteiger partial charge on any atom is 0.277 e. The Morgan fingerprint density at radius 3 is 2.75 bits per heavy atom. The van der Waals surface area contributed by atoms with Crippen LogP contribution in [-0.4, -0.2) is 32.7 Å². The Labute approximate surface area is 142 Å². The van der Waals surface area contributed by atoms with Crippen LogP contribution in [0.1, 0.15) is 27.7 Å². The molecular weight excluding hydrogens is 326 g/mol. The number of nitrogens with two attached hydrogens (primary N) is 1. The number of fused-ring (bicyclic) bond motifs is 1. The molecule has 2 aromatic heterocycles. The first kappa shape index (κ1) is 16.3. The Balaban J connectivity index is 1.80. The fourth-order valence-corrected chi connectivity index (χ4v) is 3.40. The summed E-state index contributed by atoms with van der Waals surface area (Å²) in [5, 5.41) is 11.1. The summed E-state index contributed by atoms with van der Waals surface area (Å²) in [5.41, 5.74) is 4.10. The Hall–Kier alpha value is -2.55. The molecular formula is C16H17N5O2S. The average molecular weight is 343 g/mol. The summed E-state index contributed by atoms with van der Waals surface area (Å²) < 4.78 is 0. The molecule has 1 aromatic carbocycles. The number of nitrogens with zero attached hydrogens (tertiary/aromatic N) is 3. The second kappa shape index (κ2) is 6.91. The standard InChI is InChI=1S/C16H17N5O2S/c1-2-21(23)16(22)11-5-3-10(4-6-11)7-12-8-13-14(20-17)18-9-19-15(13)24-12/h3-6,8-9,23H,2,7,17H2,1H3,(H,18,19,20). The minimum Gasteiger partial charge on any atom is -0.308 e. The Kier molecular flexibility index (Phi) is 4.70. The van der Waals surface area contributed by atoms with Crippen molar-refractivity contribution in [2.24, 2.45) is 5.84 Å². The lowest BCUT2D eigenvalue weighted by molar-refractivity contribution is -0.0541. The molecule has 0 spiro atoms. The zero-order chi connectivity index (χ0) is 17.1. The summed E-state index contributed by atoms with van der Waals surface area (Å²) in [5.74, 6) is 5.67. The van der Waals surface area contributed by atoms with Crippen LogP contribution in [0.2, 0.25) is 0 Å². The maximum absolute atomic E-state index is 11.9. The molecule has 0 aliphatic carbocycles. The Bertz CT molecular complexity index is 863. The second-order valence-corrected chi connectivity index (χ2v) is 6.31. The molecule has 3 aromatic rings. The fourth-order valence-electron chi connectivity index (χ4n) is 2.37. The molecule has 3 rings (SSSR count). The predicted molar refractivity (Wildman–Crippen MR) is 93.0 cm³/mol. The van der Waals surface area contributed by atoms with Gasteiger partial charge >= 0.3 is 0 Å². The molecule has 0 unspecified atom stereocenters. The van der Waals surface area contributed by atoms with Crippen molar-refractivity contribution < 1.29 is 10.0 Å². The number of nitrogens with one attached hydrogen (secondary N) is 1.